The van der Waals surface area contributed by atoms with Crippen LogP contribution in [0.2, 0.25) is 0 Å². The number of aryl methyl sites for hydroxylation is 2. The summed E-state index contributed by atoms with van der Waals surface area (Å²) >= 11 is 1.50. The first-order chi connectivity index (χ1) is 11.1. The molecule has 1 aromatic heterocycles. The molecule has 0 spiro atoms. The van der Waals surface area contributed by atoms with Gasteiger partial charge in [-0.15, -0.1) is 11.3 Å². The van der Waals surface area contributed by atoms with E-state index >= 15 is 0 Å². The Morgan fingerprint density at radius 2 is 1.96 bits per heavy atom. The van der Waals surface area contributed by atoms with Gasteiger partial charge in [0.25, 0.3) is 5.91 Å². The number of carbonyl (C=O) groups excluding carboxylic acids is 1. The first kappa shape index (κ1) is 17.5. The van der Waals surface area contributed by atoms with Crippen molar-refractivity contribution in [1.82, 2.24) is 9.88 Å². The molecule has 0 atom stereocenters. The highest BCUT2D eigenvalue weighted by Crippen LogP contribution is 2.22. The third-order valence-corrected chi connectivity index (χ3v) is 4.65. The zero-order valence-corrected chi connectivity index (χ0v) is 15.1. The summed E-state index contributed by atoms with van der Waals surface area (Å²) in [6.07, 6.45) is 1.72. The summed E-state index contributed by atoms with van der Waals surface area (Å²) in [6.45, 7) is 7.43. The van der Waals surface area contributed by atoms with E-state index in [1.165, 1.54) is 11.3 Å². The minimum atomic E-state index is 0.0881. The molecule has 0 N–H and O–H groups in total. The average Bonchev–Trinajstić information content (AvgIpc) is 2.95. The van der Waals surface area contributed by atoms with Crippen molar-refractivity contribution >= 4 is 17.2 Å². The Balaban J connectivity index is 2.20. The van der Waals surface area contributed by atoms with Gasteiger partial charge in [-0.25, -0.2) is 4.98 Å². The van der Waals surface area contributed by atoms with Crippen LogP contribution in [0.15, 0.2) is 24.3 Å². The number of benzene rings is 1. The van der Waals surface area contributed by atoms with E-state index in [0.717, 1.165) is 46.3 Å². The van der Waals surface area contributed by atoms with Crippen LogP contribution in [0.3, 0.4) is 0 Å². The molecule has 124 valence electrons. The summed E-state index contributed by atoms with van der Waals surface area (Å²) in [7, 11) is 1.65. The molecule has 1 amide bonds. The molecule has 1 heterocycles. The predicted molar refractivity (Wildman–Crippen MR) is 94.3 cm³/mol. The Morgan fingerprint density at radius 1 is 1.26 bits per heavy atom. The largest absolute Gasteiger partial charge is 0.497 e. The summed E-state index contributed by atoms with van der Waals surface area (Å²) < 4.78 is 5.18. The third kappa shape index (κ3) is 4.32. The van der Waals surface area contributed by atoms with Gasteiger partial charge in [-0.05, 0) is 37.5 Å². The van der Waals surface area contributed by atoms with Gasteiger partial charge in [-0.1, -0.05) is 26.0 Å². The van der Waals surface area contributed by atoms with E-state index in [-0.39, 0.29) is 5.91 Å². The van der Waals surface area contributed by atoms with E-state index in [1.54, 1.807) is 7.11 Å². The van der Waals surface area contributed by atoms with Gasteiger partial charge in [0.15, 0.2) is 0 Å². The van der Waals surface area contributed by atoms with E-state index < -0.39 is 0 Å². The van der Waals surface area contributed by atoms with Crippen molar-refractivity contribution in [3.63, 3.8) is 0 Å². The van der Waals surface area contributed by atoms with E-state index in [0.29, 0.717) is 6.54 Å². The zero-order chi connectivity index (χ0) is 16.8. The highest BCUT2D eigenvalue weighted by Gasteiger charge is 2.21. The lowest BCUT2D eigenvalue weighted by Crippen LogP contribution is -2.31. The fraction of sp³-hybridized carbons (Fsp3) is 0.444. The maximum Gasteiger partial charge on any atom is 0.266 e. The molecule has 0 aliphatic heterocycles. The fourth-order valence-corrected chi connectivity index (χ4v) is 3.47. The maximum absolute atomic E-state index is 12.9. The molecule has 2 rings (SSSR count). The lowest BCUT2D eigenvalue weighted by Gasteiger charge is -2.22. The van der Waals surface area contributed by atoms with Gasteiger partial charge >= 0.3 is 0 Å². The second-order valence-corrected chi connectivity index (χ2v) is 6.64. The van der Waals surface area contributed by atoms with Crippen LogP contribution in [0.4, 0.5) is 0 Å². The number of carbonyl (C=O) groups is 1. The first-order valence-corrected chi connectivity index (χ1v) is 8.79. The Hall–Kier alpha value is -1.88. The number of methoxy groups -OCH3 is 1. The topological polar surface area (TPSA) is 42.4 Å². The van der Waals surface area contributed by atoms with Gasteiger partial charge in [0.1, 0.15) is 10.6 Å². The first-order valence-electron chi connectivity index (χ1n) is 7.97. The maximum atomic E-state index is 12.9. The molecule has 0 fully saturated rings. The van der Waals surface area contributed by atoms with E-state index in [4.69, 9.17) is 4.74 Å². The Bertz CT molecular complexity index is 650. The van der Waals surface area contributed by atoms with Crippen molar-refractivity contribution in [1.29, 1.82) is 0 Å². The number of amides is 1. The Labute approximate surface area is 142 Å². The summed E-state index contributed by atoms with van der Waals surface area (Å²) in [5.41, 5.74) is 2.01. The molecular formula is C18H24N2O2S. The Morgan fingerprint density at radius 3 is 2.52 bits per heavy atom. The van der Waals surface area contributed by atoms with E-state index in [9.17, 15) is 4.79 Å². The monoisotopic (exact) mass is 332 g/mol. The second kappa shape index (κ2) is 8.11. The van der Waals surface area contributed by atoms with Crippen molar-refractivity contribution in [3.05, 3.63) is 45.4 Å². The van der Waals surface area contributed by atoms with Crippen molar-refractivity contribution in [2.24, 2.45) is 0 Å². The summed E-state index contributed by atoms with van der Waals surface area (Å²) in [6, 6.07) is 7.87. The second-order valence-electron chi connectivity index (χ2n) is 5.44. The lowest BCUT2D eigenvalue weighted by atomic mass is 10.2. The summed E-state index contributed by atoms with van der Waals surface area (Å²) in [5, 5.41) is 0.950. The number of aromatic nitrogens is 1. The van der Waals surface area contributed by atoms with Crippen molar-refractivity contribution in [2.45, 2.75) is 40.2 Å². The smallest absolute Gasteiger partial charge is 0.266 e. The molecule has 0 saturated heterocycles. The molecule has 0 radical (unpaired) electrons. The number of hydrogen-bond donors (Lipinski definition) is 0. The molecule has 23 heavy (non-hydrogen) atoms. The molecule has 0 aliphatic carbocycles. The van der Waals surface area contributed by atoms with Crippen LogP contribution < -0.4 is 4.74 Å². The van der Waals surface area contributed by atoms with Crippen LogP contribution in [0.5, 0.6) is 5.75 Å². The van der Waals surface area contributed by atoms with Crippen LogP contribution in [-0.2, 0) is 13.0 Å². The van der Waals surface area contributed by atoms with Crippen LogP contribution in [0.1, 0.15) is 46.2 Å². The van der Waals surface area contributed by atoms with Crippen LogP contribution >= 0.6 is 11.3 Å². The number of rotatable bonds is 7. The molecule has 0 bridgehead atoms. The van der Waals surface area contributed by atoms with Gasteiger partial charge in [-0.2, -0.15) is 0 Å². The minimum Gasteiger partial charge on any atom is -0.497 e. The van der Waals surface area contributed by atoms with Crippen LogP contribution in [-0.4, -0.2) is 29.4 Å². The van der Waals surface area contributed by atoms with Gasteiger partial charge in [0.2, 0.25) is 0 Å². The van der Waals surface area contributed by atoms with Crippen LogP contribution in [0, 0.1) is 6.92 Å². The highest BCUT2D eigenvalue weighted by molar-refractivity contribution is 7.13. The van der Waals surface area contributed by atoms with E-state index in [1.807, 2.05) is 43.0 Å². The molecule has 4 nitrogen and oxygen atoms in total. The molecule has 5 heteroatoms. The van der Waals surface area contributed by atoms with Crippen LogP contribution in [0.25, 0.3) is 0 Å². The molecule has 0 unspecified atom stereocenters. The number of hydrogen-bond acceptors (Lipinski definition) is 4. The summed E-state index contributed by atoms with van der Waals surface area (Å²) in [5.74, 6) is 0.915. The van der Waals surface area contributed by atoms with Crippen molar-refractivity contribution in [3.8, 4) is 5.75 Å². The molecule has 0 aliphatic rings. The van der Waals surface area contributed by atoms with Gasteiger partial charge < -0.3 is 9.64 Å². The van der Waals surface area contributed by atoms with E-state index in [2.05, 4.69) is 11.9 Å². The number of thiazole rings is 1. The standard InChI is InChI=1S/C18H24N2O2S/c1-5-11-20(12-14-7-9-15(22-4)10-8-14)18(21)17-16(6-2)19-13(3)23-17/h7-10H,5-6,11-12H2,1-4H3. The van der Waals surface area contributed by atoms with Gasteiger partial charge in [0, 0.05) is 13.1 Å². The SMILES string of the molecule is CCCN(Cc1ccc(OC)cc1)C(=O)c1sc(C)nc1CC. The lowest BCUT2D eigenvalue weighted by molar-refractivity contribution is 0.0747. The molecule has 0 saturated carbocycles. The zero-order valence-electron chi connectivity index (χ0n) is 14.3. The fourth-order valence-electron chi connectivity index (χ4n) is 2.49. The molecule has 1 aromatic carbocycles. The molecule has 2 aromatic rings. The van der Waals surface area contributed by atoms with Crippen molar-refractivity contribution < 1.29 is 9.53 Å². The minimum absolute atomic E-state index is 0.0881. The van der Waals surface area contributed by atoms with Gasteiger partial charge in [-0.3, -0.25) is 4.79 Å². The van der Waals surface area contributed by atoms with Crippen molar-refractivity contribution in [2.75, 3.05) is 13.7 Å². The normalized spacial score (nSPS) is 10.6. The summed E-state index contributed by atoms with van der Waals surface area (Å²) in [4.78, 5) is 20.1. The quantitative estimate of drug-likeness (QED) is 0.767. The Kier molecular flexibility index (Phi) is 6.16. The predicted octanol–water partition coefficient (Wildman–Crippen LogP) is 4.07. The third-order valence-electron chi connectivity index (χ3n) is 3.65. The van der Waals surface area contributed by atoms with Gasteiger partial charge in [0.05, 0.1) is 17.8 Å². The molecular weight excluding hydrogens is 308 g/mol. The number of ether oxygens (including phenoxy) is 1. The highest BCUT2D eigenvalue weighted by atomic mass is 32.1. The number of nitrogens with zero attached hydrogens (tertiary/aromatic N) is 2. The average molecular weight is 332 g/mol.